The van der Waals surface area contributed by atoms with Gasteiger partial charge in [0, 0.05) is 51.0 Å². The third-order valence-corrected chi connectivity index (χ3v) is 6.37. The van der Waals surface area contributed by atoms with Gasteiger partial charge in [-0.15, -0.1) is 0 Å². The molecule has 1 unspecified atom stereocenters. The lowest BCUT2D eigenvalue weighted by Gasteiger charge is -2.43. The summed E-state index contributed by atoms with van der Waals surface area (Å²) < 4.78 is 5.54. The predicted octanol–water partition coefficient (Wildman–Crippen LogP) is 3.25. The van der Waals surface area contributed by atoms with E-state index in [-0.39, 0.29) is 23.3 Å². The van der Waals surface area contributed by atoms with Gasteiger partial charge >= 0.3 is 6.09 Å². The second-order valence-corrected chi connectivity index (χ2v) is 10.2. The first-order valence-electron chi connectivity index (χ1n) is 11.8. The van der Waals surface area contributed by atoms with Gasteiger partial charge < -0.3 is 19.5 Å². The monoisotopic (exact) mass is 463 g/mol. The summed E-state index contributed by atoms with van der Waals surface area (Å²) in [5.41, 5.74) is 3.14. The Kier molecular flexibility index (Phi) is 6.67. The third kappa shape index (κ3) is 5.10. The summed E-state index contributed by atoms with van der Waals surface area (Å²) in [7, 11) is 0. The summed E-state index contributed by atoms with van der Waals surface area (Å²) in [6, 6.07) is 12.4. The Morgan fingerprint density at radius 2 is 1.94 bits per heavy atom. The van der Waals surface area contributed by atoms with Gasteiger partial charge in [0.25, 0.3) is 5.56 Å². The standard InChI is InChI=1S/C26H33N5O3/c1-18-15-30(25(33)34-26(2,3)4)12-13-31(18)23-20-10-11-29(16-19-8-6-5-7-9-19)17-22(20)28-24(32)21(23)14-27/h5-9,18H,10-13,15-17H2,1-4H3,(H,28,32). The number of hydrogen-bond acceptors (Lipinski definition) is 6. The van der Waals surface area contributed by atoms with E-state index in [0.29, 0.717) is 26.2 Å². The van der Waals surface area contributed by atoms with Gasteiger partial charge in [0.05, 0.1) is 5.69 Å². The summed E-state index contributed by atoms with van der Waals surface area (Å²) in [5, 5.41) is 9.84. The number of carbonyl (C=O) groups excluding carboxylic acids is 1. The molecule has 8 nitrogen and oxygen atoms in total. The van der Waals surface area contributed by atoms with E-state index in [4.69, 9.17) is 4.74 Å². The molecule has 1 aromatic heterocycles. The van der Waals surface area contributed by atoms with E-state index in [2.05, 4.69) is 33.0 Å². The Labute approximate surface area is 200 Å². The highest BCUT2D eigenvalue weighted by Crippen LogP contribution is 2.32. The van der Waals surface area contributed by atoms with Crippen molar-refractivity contribution in [1.82, 2.24) is 14.8 Å². The molecule has 34 heavy (non-hydrogen) atoms. The van der Waals surface area contributed by atoms with E-state index in [1.54, 1.807) is 4.90 Å². The molecule has 1 saturated heterocycles. The number of hydrogen-bond donors (Lipinski definition) is 1. The molecule has 2 aliphatic heterocycles. The fraction of sp³-hybridized carbons (Fsp3) is 0.500. The maximum atomic E-state index is 12.9. The van der Waals surface area contributed by atoms with Gasteiger partial charge in [0.1, 0.15) is 17.2 Å². The first kappa shape index (κ1) is 23.8. The average Bonchev–Trinajstić information content (AvgIpc) is 2.78. The molecular weight excluding hydrogens is 430 g/mol. The van der Waals surface area contributed by atoms with Crippen LogP contribution < -0.4 is 10.5 Å². The second-order valence-electron chi connectivity index (χ2n) is 10.2. The van der Waals surface area contributed by atoms with Crippen molar-refractivity contribution < 1.29 is 9.53 Å². The van der Waals surface area contributed by atoms with E-state index in [1.807, 2.05) is 45.9 Å². The van der Waals surface area contributed by atoms with Gasteiger partial charge in [-0.2, -0.15) is 5.26 Å². The Hall–Kier alpha value is -3.31. The van der Waals surface area contributed by atoms with Crippen molar-refractivity contribution >= 4 is 11.8 Å². The zero-order chi connectivity index (χ0) is 24.5. The van der Waals surface area contributed by atoms with Crippen molar-refractivity contribution in [1.29, 1.82) is 5.26 Å². The largest absolute Gasteiger partial charge is 0.444 e. The predicted molar refractivity (Wildman–Crippen MR) is 131 cm³/mol. The van der Waals surface area contributed by atoms with E-state index in [9.17, 15) is 14.9 Å². The summed E-state index contributed by atoms with van der Waals surface area (Å²) in [6.45, 7) is 11.4. The molecule has 1 fully saturated rings. The second kappa shape index (κ2) is 9.51. The number of aromatic nitrogens is 1. The molecule has 3 heterocycles. The number of anilines is 1. The molecule has 1 amide bonds. The molecule has 4 rings (SSSR count). The highest BCUT2D eigenvalue weighted by Gasteiger charge is 2.34. The Balaban J connectivity index is 1.58. The average molecular weight is 464 g/mol. The van der Waals surface area contributed by atoms with Crippen LogP contribution in [0.1, 0.15) is 50.1 Å². The van der Waals surface area contributed by atoms with Crippen LogP contribution in [0, 0.1) is 11.3 Å². The van der Waals surface area contributed by atoms with E-state index < -0.39 is 5.60 Å². The lowest BCUT2D eigenvalue weighted by Crippen LogP contribution is -2.55. The number of ether oxygens (including phenoxy) is 1. The van der Waals surface area contributed by atoms with Crippen LogP contribution >= 0.6 is 0 Å². The van der Waals surface area contributed by atoms with Crippen LogP contribution in [0.2, 0.25) is 0 Å². The number of amides is 1. The van der Waals surface area contributed by atoms with Gasteiger partial charge in [-0.3, -0.25) is 9.69 Å². The zero-order valence-electron chi connectivity index (χ0n) is 20.4. The van der Waals surface area contributed by atoms with Gasteiger partial charge in [0.15, 0.2) is 0 Å². The van der Waals surface area contributed by atoms with Crippen LogP contribution in [-0.4, -0.2) is 58.7 Å². The molecule has 0 aliphatic carbocycles. The van der Waals surface area contributed by atoms with Crippen molar-refractivity contribution in [2.75, 3.05) is 31.1 Å². The molecule has 1 N–H and O–H groups in total. The number of carbonyl (C=O) groups is 1. The maximum Gasteiger partial charge on any atom is 0.410 e. The van der Waals surface area contributed by atoms with Crippen LogP contribution in [0.4, 0.5) is 10.5 Å². The van der Waals surface area contributed by atoms with Gasteiger partial charge in [-0.05, 0) is 45.2 Å². The summed E-state index contributed by atoms with van der Waals surface area (Å²) >= 11 is 0. The Morgan fingerprint density at radius 3 is 2.59 bits per heavy atom. The normalized spacial score (nSPS) is 18.9. The smallest absolute Gasteiger partial charge is 0.410 e. The summed E-state index contributed by atoms with van der Waals surface area (Å²) in [6.07, 6.45) is 0.422. The molecule has 180 valence electrons. The number of nitriles is 1. The number of aromatic amines is 1. The number of rotatable bonds is 3. The van der Waals surface area contributed by atoms with Crippen LogP contribution in [0.15, 0.2) is 35.1 Å². The summed E-state index contributed by atoms with van der Waals surface area (Å²) in [4.78, 5) is 34.6. The highest BCUT2D eigenvalue weighted by molar-refractivity contribution is 5.70. The minimum absolute atomic E-state index is 0.0541. The van der Waals surface area contributed by atoms with E-state index >= 15 is 0 Å². The quantitative estimate of drug-likeness (QED) is 0.751. The third-order valence-electron chi connectivity index (χ3n) is 6.37. The van der Waals surface area contributed by atoms with Gasteiger partial charge in [0.2, 0.25) is 0 Å². The van der Waals surface area contributed by atoms with Gasteiger partial charge in [-0.1, -0.05) is 30.3 Å². The minimum Gasteiger partial charge on any atom is -0.444 e. The molecule has 2 aliphatic rings. The highest BCUT2D eigenvalue weighted by atomic mass is 16.6. The number of nitrogens with zero attached hydrogens (tertiary/aromatic N) is 4. The van der Waals surface area contributed by atoms with Crippen molar-refractivity contribution in [2.45, 2.75) is 58.8 Å². The van der Waals surface area contributed by atoms with E-state index in [1.165, 1.54) is 5.56 Å². The lowest BCUT2D eigenvalue weighted by molar-refractivity contribution is 0.0218. The molecule has 1 aromatic carbocycles. The molecule has 2 aromatic rings. The fourth-order valence-electron chi connectivity index (χ4n) is 4.83. The number of piperazine rings is 1. The van der Waals surface area contributed by atoms with Crippen molar-refractivity contribution in [3.63, 3.8) is 0 Å². The number of nitrogens with one attached hydrogen (secondary N) is 1. The SMILES string of the molecule is CC1CN(C(=O)OC(C)(C)C)CCN1c1c2c([nH]c(=O)c1C#N)CN(Cc1ccccc1)CC2. The van der Waals surface area contributed by atoms with Crippen LogP contribution in [-0.2, 0) is 24.2 Å². The van der Waals surface area contributed by atoms with Crippen molar-refractivity contribution in [3.8, 4) is 6.07 Å². The molecule has 0 bridgehead atoms. The fourth-order valence-corrected chi connectivity index (χ4v) is 4.83. The molecule has 0 saturated carbocycles. The minimum atomic E-state index is -0.553. The Bertz CT molecular complexity index is 1150. The lowest BCUT2D eigenvalue weighted by atomic mass is 9.97. The molecule has 0 radical (unpaired) electrons. The molecule has 0 spiro atoms. The topological polar surface area (TPSA) is 92.7 Å². The molecular formula is C26H33N5O3. The number of pyridine rings is 1. The number of H-pyrrole nitrogens is 1. The zero-order valence-corrected chi connectivity index (χ0v) is 20.4. The molecule has 1 atom stereocenters. The van der Waals surface area contributed by atoms with Crippen molar-refractivity contribution in [3.05, 3.63) is 63.1 Å². The first-order chi connectivity index (χ1) is 16.2. The summed E-state index contributed by atoms with van der Waals surface area (Å²) in [5.74, 6) is 0. The maximum absolute atomic E-state index is 12.9. The first-order valence-corrected chi connectivity index (χ1v) is 11.8. The van der Waals surface area contributed by atoms with Crippen LogP contribution in [0.25, 0.3) is 0 Å². The van der Waals surface area contributed by atoms with Crippen molar-refractivity contribution in [2.24, 2.45) is 0 Å². The van der Waals surface area contributed by atoms with Crippen LogP contribution in [0.3, 0.4) is 0 Å². The molecule has 8 heteroatoms. The van der Waals surface area contributed by atoms with Crippen LogP contribution in [0.5, 0.6) is 0 Å². The number of benzene rings is 1. The van der Waals surface area contributed by atoms with Gasteiger partial charge in [-0.25, -0.2) is 4.79 Å². The Morgan fingerprint density at radius 1 is 1.21 bits per heavy atom. The van der Waals surface area contributed by atoms with E-state index in [0.717, 1.165) is 36.5 Å². The number of fused-ring (bicyclic) bond motifs is 1.